The smallest absolute Gasteiger partial charge is 0.259 e. The van der Waals surface area contributed by atoms with Gasteiger partial charge in [-0.25, -0.2) is 4.98 Å². The van der Waals surface area contributed by atoms with Gasteiger partial charge in [0.25, 0.3) is 5.90 Å². The molecule has 1 aliphatic carbocycles. The second-order valence-corrected chi connectivity index (χ2v) is 6.25. The number of aromatic nitrogens is 1. The normalized spacial score (nSPS) is 21.0. The van der Waals surface area contributed by atoms with Gasteiger partial charge in [-0.3, -0.25) is 5.41 Å². The summed E-state index contributed by atoms with van der Waals surface area (Å²) >= 11 is 1.57. The second-order valence-electron chi connectivity index (χ2n) is 5.27. The van der Waals surface area contributed by atoms with Crippen LogP contribution in [-0.4, -0.2) is 44.3 Å². The molecule has 0 radical (unpaired) electrons. The fourth-order valence-electron chi connectivity index (χ4n) is 2.69. The van der Waals surface area contributed by atoms with E-state index >= 15 is 0 Å². The molecular weight excluding hydrogens is 292 g/mol. The van der Waals surface area contributed by atoms with E-state index in [-0.39, 0.29) is 11.5 Å². The zero-order valence-electron chi connectivity index (χ0n) is 12.1. The van der Waals surface area contributed by atoms with Crippen LogP contribution in [0.15, 0.2) is 0 Å². The fraction of sp³-hybridized carbons (Fsp3) is 0.692. The van der Waals surface area contributed by atoms with Gasteiger partial charge in [-0.2, -0.15) is 5.90 Å². The summed E-state index contributed by atoms with van der Waals surface area (Å²) in [6.07, 6.45) is 3.08. The molecule has 0 spiro atoms. The molecular formula is C13H20N4O3S. The topological polar surface area (TPSA) is 93.7 Å². The maximum atomic E-state index is 7.89. The highest BCUT2D eigenvalue weighted by Crippen LogP contribution is 2.47. The molecule has 21 heavy (non-hydrogen) atoms. The van der Waals surface area contributed by atoms with Crippen molar-refractivity contribution < 1.29 is 14.3 Å². The van der Waals surface area contributed by atoms with E-state index in [1.54, 1.807) is 18.4 Å². The van der Waals surface area contributed by atoms with Crippen LogP contribution in [0.1, 0.15) is 30.0 Å². The van der Waals surface area contributed by atoms with Crippen LogP contribution in [0.5, 0.6) is 0 Å². The fourth-order valence-corrected chi connectivity index (χ4v) is 4.03. The summed E-state index contributed by atoms with van der Waals surface area (Å²) in [5.74, 6) is 5.06. The van der Waals surface area contributed by atoms with Gasteiger partial charge in [0.2, 0.25) is 0 Å². The summed E-state index contributed by atoms with van der Waals surface area (Å²) < 4.78 is 11.1. The Morgan fingerprint density at radius 2 is 2.14 bits per heavy atom. The van der Waals surface area contributed by atoms with Gasteiger partial charge >= 0.3 is 0 Å². The van der Waals surface area contributed by atoms with E-state index in [9.17, 15) is 0 Å². The molecule has 8 heteroatoms. The summed E-state index contributed by atoms with van der Waals surface area (Å²) in [4.78, 5) is 11.4. The number of morpholine rings is 1. The second kappa shape index (κ2) is 5.88. The first kappa shape index (κ1) is 14.7. The summed E-state index contributed by atoms with van der Waals surface area (Å²) in [7, 11) is 1.72. The molecule has 2 aliphatic rings. The number of methoxy groups -OCH3 is 1. The molecule has 0 unspecified atom stereocenters. The first-order chi connectivity index (χ1) is 10.2. The number of hydrogen-bond donors (Lipinski definition) is 2. The molecule has 1 aliphatic heterocycles. The Bertz CT molecular complexity index is 518. The molecule has 0 atom stereocenters. The van der Waals surface area contributed by atoms with Gasteiger partial charge in [0, 0.05) is 20.2 Å². The quantitative estimate of drug-likeness (QED) is 0.493. The Morgan fingerprint density at radius 1 is 1.43 bits per heavy atom. The van der Waals surface area contributed by atoms with Gasteiger partial charge in [0.05, 0.1) is 13.2 Å². The van der Waals surface area contributed by atoms with E-state index in [0.29, 0.717) is 18.9 Å². The van der Waals surface area contributed by atoms with Gasteiger partial charge in [-0.05, 0) is 19.3 Å². The number of nitrogens with two attached hydrogens (primary N) is 1. The van der Waals surface area contributed by atoms with E-state index in [4.69, 9.17) is 20.8 Å². The first-order valence-corrected chi connectivity index (χ1v) is 7.86. The molecule has 1 saturated heterocycles. The number of rotatable bonds is 4. The Labute approximate surface area is 127 Å². The standard InChI is InChI=1S/C13H20N4O3S/c1-18-13(3-2-4-13)12-16-9(10(14)20-15)11(21-12)17-5-7-19-8-6-17/h14H,2-8,15H2,1H3. The van der Waals surface area contributed by atoms with E-state index in [1.165, 1.54) is 0 Å². The van der Waals surface area contributed by atoms with Crippen LogP contribution in [0.2, 0.25) is 0 Å². The molecule has 1 saturated carbocycles. The predicted molar refractivity (Wildman–Crippen MR) is 79.8 cm³/mol. The average Bonchev–Trinajstić information content (AvgIpc) is 2.92. The van der Waals surface area contributed by atoms with Crippen molar-refractivity contribution in [3.8, 4) is 0 Å². The molecule has 2 heterocycles. The maximum Gasteiger partial charge on any atom is 0.259 e. The zero-order chi connectivity index (χ0) is 14.9. The molecule has 3 rings (SSSR count). The molecule has 3 N–H and O–H groups in total. The number of ether oxygens (including phenoxy) is 2. The number of nitrogens with zero attached hydrogens (tertiary/aromatic N) is 2. The lowest BCUT2D eigenvalue weighted by atomic mass is 9.80. The molecule has 7 nitrogen and oxygen atoms in total. The third-order valence-electron chi connectivity index (χ3n) is 4.18. The van der Waals surface area contributed by atoms with Gasteiger partial charge in [-0.15, -0.1) is 0 Å². The molecule has 2 fully saturated rings. The molecule has 0 amide bonds. The predicted octanol–water partition coefficient (Wildman–Crippen LogP) is 1.22. The summed E-state index contributed by atoms with van der Waals surface area (Å²) in [5, 5.41) is 9.72. The van der Waals surface area contributed by atoms with Crippen LogP contribution in [0.3, 0.4) is 0 Å². The van der Waals surface area contributed by atoms with Crippen molar-refractivity contribution in [2.24, 2.45) is 5.90 Å². The summed E-state index contributed by atoms with van der Waals surface area (Å²) in [6.45, 7) is 2.93. The third-order valence-corrected chi connectivity index (χ3v) is 5.48. The van der Waals surface area contributed by atoms with Crippen LogP contribution in [0.25, 0.3) is 0 Å². The largest absolute Gasteiger partial charge is 0.389 e. The van der Waals surface area contributed by atoms with Crippen molar-refractivity contribution >= 4 is 22.2 Å². The van der Waals surface area contributed by atoms with Crippen LogP contribution < -0.4 is 10.8 Å². The van der Waals surface area contributed by atoms with Gasteiger partial charge < -0.3 is 19.2 Å². The lowest BCUT2D eigenvalue weighted by Gasteiger charge is -2.38. The van der Waals surface area contributed by atoms with E-state index in [0.717, 1.165) is 42.4 Å². The average molecular weight is 312 g/mol. The number of hydrogen-bond acceptors (Lipinski definition) is 8. The first-order valence-electron chi connectivity index (χ1n) is 7.05. The van der Waals surface area contributed by atoms with Crippen molar-refractivity contribution in [3.63, 3.8) is 0 Å². The van der Waals surface area contributed by atoms with E-state index < -0.39 is 0 Å². The molecule has 0 bridgehead atoms. The number of anilines is 1. The van der Waals surface area contributed by atoms with Crippen molar-refractivity contribution in [3.05, 3.63) is 10.7 Å². The molecule has 0 aromatic carbocycles. The molecule has 1 aromatic rings. The van der Waals surface area contributed by atoms with Crippen LogP contribution in [0, 0.1) is 5.41 Å². The lowest BCUT2D eigenvalue weighted by Crippen LogP contribution is -2.36. The monoisotopic (exact) mass is 312 g/mol. The van der Waals surface area contributed by atoms with Crippen molar-refractivity contribution in [1.29, 1.82) is 5.41 Å². The van der Waals surface area contributed by atoms with Crippen LogP contribution in [0.4, 0.5) is 5.00 Å². The van der Waals surface area contributed by atoms with Crippen LogP contribution in [-0.2, 0) is 19.9 Å². The van der Waals surface area contributed by atoms with Gasteiger partial charge in [0.15, 0.2) is 5.69 Å². The number of thiazole rings is 1. The van der Waals surface area contributed by atoms with Crippen LogP contribution >= 0.6 is 11.3 Å². The lowest BCUT2D eigenvalue weighted by molar-refractivity contribution is -0.0779. The highest BCUT2D eigenvalue weighted by atomic mass is 32.1. The Hall–Kier alpha value is -1.22. The van der Waals surface area contributed by atoms with Gasteiger partial charge in [-0.1, -0.05) is 11.3 Å². The van der Waals surface area contributed by atoms with Gasteiger partial charge in [0.1, 0.15) is 15.6 Å². The Balaban J connectivity index is 1.96. The minimum absolute atomic E-state index is 0.107. The van der Waals surface area contributed by atoms with E-state index in [1.807, 2.05) is 0 Å². The summed E-state index contributed by atoms with van der Waals surface area (Å²) in [6, 6.07) is 0. The van der Waals surface area contributed by atoms with Crippen molar-refractivity contribution in [1.82, 2.24) is 4.98 Å². The Kier molecular flexibility index (Phi) is 4.12. The maximum absolute atomic E-state index is 7.89. The summed E-state index contributed by atoms with van der Waals surface area (Å²) in [5.41, 5.74) is 0.210. The highest BCUT2D eigenvalue weighted by molar-refractivity contribution is 7.16. The number of nitrogens with one attached hydrogen (secondary N) is 1. The highest BCUT2D eigenvalue weighted by Gasteiger charge is 2.43. The third kappa shape index (κ3) is 2.52. The molecule has 1 aromatic heterocycles. The molecule has 116 valence electrons. The minimum atomic E-state index is -0.293. The van der Waals surface area contributed by atoms with Crippen molar-refractivity contribution in [2.45, 2.75) is 24.9 Å². The SMILES string of the molecule is COC1(c2nc(C(=N)ON)c(N3CCOCC3)s2)CCC1. The minimum Gasteiger partial charge on any atom is -0.389 e. The zero-order valence-corrected chi connectivity index (χ0v) is 12.9. The van der Waals surface area contributed by atoms with E-state index in [2.05, 4.69) is 14.7 Å². The Morgan fingerprint density at radius 3 is 2.67 bits per heavy atom. The van der Waals surface area contributed by atoms with Crippen molar-refractivity contribution in [2.75, 3.05) is 38.3 Å².